The Morgan fingerprint density at radius 3 is 2.48 bits per heavy atom. The number of hydrogen-bond donors (Lipinski definition) is 2. The van der Waals surface area contributed by atoms with Gasteiger partial charge in [-0.2, -0.15) is 0 Å². The van der Waals surface area contributed by atoms with Gasteiger partial charge in [-0.3, -0.25) is 4.99 Å². The van der Waals surface area contributed by atoms with Crippen molar-refractivity contribution in [3.05, 3.63) is 35.6 Å². The third kappa shape index (κ3) is 7.86. The molecule has 0 fully saturated rings. The zero-order valence-corrected chi connectivity index (χ0v) is 16.5. The number of aliphatic imine (C=N–C) groups is 1. The molecule has 5 heteroatoms. The number of benzene rings is 1. The van der Waals surface area contributed by atoms with Crippen LogP contribution in [0.4, 0.5) is 4.39 Å². The second-order valence-corrected chi connectivity index (χ2v) is 6.98. The molecule has 0 atom stereocenters. The molecule has 0 amide bonds. The van der Waals surface area contributed by atoms with Gasteiger partial charge in [0.05, 0.1) is 0 Å². The van der Waals surface area contributed by atoms with Crippen molar-refractivity contribution in [1.29, 1.82) is 0 Å². The first-order chi connectivity index (χ1) is 11.9. The van der Waals surface area contributed by atoms with E-state index in [0.29, 0.717) is 6.54 Å². The van der Waals surface area contributed by atoms with Crippen LogP contribution in [-0.2, 0) is 5.41 Å². The van der Waals surface area contributed by atoms with Crippen LogP contribution in [0.25, 0.3) is 0 Å². The third-order valence-corrected chi connectivity index (χ3v) is 4.62. The highest BCUT2D eigenvalue weighted by molar-refractivity contribution is 5.79. The van der Waals surface area contributed by atoms with Crippen molar-refractivity contribution >= 4 is 5.96 Å². The fraction of sp³-hybridized carbons (Fsp3) is 0.650. The molecule has 0 unspecified atom stereocenters. The molecule has 0 bridgehead atoms. The summed E-state index contributed by atoms with van der Waals surface area (Å²) in [5.41, 5.74) is 0.803. The lowest BCUT2D eigenvalue weighted by atomic mass is 9.84. The molecule has 142 valence electrons. The minimum atomic E-state index is -0.193. The summed E-state index contributed by atoms with van der Waals surface area (Å²) >= 11 is 0. The van der Waals surface area contributed by atoms with Crippen LogP contribution in [0.3, 0.4) is 0 Å². The summed E-state index contributed by atoms with van der Waals surface area (Å²) in [6.07, 6.45) is 2.30. The number of rotatable bonds is 10. The molecule has 1 aromatic carbocycles. The number of nitrogens with zero attached hydrogens (tertiary/aromatic N) is 2. The van der Waals surface area contributed by atoms with E-state index in [1.807, 2.05) is 6.07 Å². The van der Waals surface area contributed by atoms with E-state index in [2.05, 4.69) is 48.2 Å². The first kappa shape index (κ1) is 21.4. The maximum absolute atomic E-state index is 13.4. The highest BCUT2D eigenvalue weighted by Gasteiger charge is 2.21. The fourth-order valence-electron chi connectivity index (χ4n) is 2.74. The molecule has 0 saturated heterocycles. The van der Waals surface area contributed by atoms with Crippen molar-refractivity contribution in [1.82, 2.24) is 15.5 Å². The Labute approximate surface area is 152 Å². The van der Waals surface area contributed by atoms with E-state index in [4.69, 9.17) is 0 Å². The summed E-state index contributed by atoms with van der Waals surface area (Å²) < 4.78 is 13.4. The Morgan fingerprint density at radius 1 is 1.16 bits per heavy atom. The lowest BCUT2D eigenvalue weighted by Gasteiger charge is -2.27. The van der Waals surface area contributed by atoms with E-state index in [-0.39, 0.29) is 11.2 Å². The van der Waals surface area contributed by atoms with Gasteiger partial charge in [-0.15, -0.1) is 0 Å². The second kappa shape index (κ2) is 11.1. The summed E-state index contributed by atoms with van der Waals surface area (Å²) in [5.74, 6) is 0.605. The molecular weight excluding hydrogens is 315 g/mol. The van der Waals surface area contributed by atoms with Crippen molar-refractivity contribution in [3.63, 3.8) is 0 Å². The minimum Gasteiger partial charge on any atom is -0.356 e. The second-order valence-electron chi connectivity index (χ2n) is 6.98. The molecule has 1 aromatic rings. The van der Waals surface area contributed by atoms with Crippen molar-refractivity contribution in [2.24, 2.45) is 4.99 Å². The van der Waals surface area contributed by atoms with Gasteiger partial charge in [0.15, 0.2) is 5.96 Å². The van der Waals surface area contributed by atoms with Crippen LogP contribution in [0.1, 0.15) is 46.1 Å². The van der Waals surface area contributed by atoms with Crippen LogP contribution in [0.5, 0.6) is 0 Å². The van der Waals surface area contributed by atoms with Gasteiger partial charge in [0, 0.05) is 25.6 Å². The van der Waals surface area contributed by atoms with Crippen LogP contribution in [0.15, 0.2) is 29.3 Å². The lowest BCUT2D eigenvalue weighted by molar-refractivity contribution is 0.297. The van der Waals surface area contributed by atoms with Gasteiger partial charge in [-0.05, 0) is 50.2 Å². The van der Waals surface area contributed by atoms with Gasteiger partial charge < -0.3 is 15.5 Å². The van der Waals surface area contributed by atoms with E-state index in [9.17, 15) is 4.39 Å². The minimum absolute atomic E-state index is 0.178. The van der Waals surface area contributed by atoms with E-state index < -0.39 is 0 Å². The van der Waals surface area contributed by atoms with Gasteiger partial charge in [-0.25, -0.2) is 4.39 Å². The van der Waals surface area contributed by atoms with Gasteiger partial charge in [0.2, 0.25) is 0 Å². The standard InChI is InChI=1S/C20H35FN4/c1-6-25(7-2)14-9-8-13-23-19(22-5)24-16-20(3,4)17-11-10-12-18(21)15-17/h10-12,15H,6-9,13-14,16H2,1-5H3,(H2,22,23,24). The zero-order chi connectivity index (χ0) is 18.7. The summed E-state index contributed by atoms with van der Waals surface area (Å²) in [7, 11) is 1.78. The molecule has 0 aliphatic rings. The Bertz CT molecular complexity index is 524. The van der Waals surface area contributed by atoms with Crippen molar-refractivity contribution in [3.8, 4) is 0 Å². The monoisotopic (exact) mass is 350 g/mol. The predicted molar refractivity (Wildman–Crippen MR) is 106 cm³/mol. The van der Waals surface area contributed by atoms with E-state index in [1.165, 1.54) is 12.5 Å². The van der Waals surface area contributed by atoms with Gasteiger partial charge in [0.25, 0.3) is 0 Å². The molecule has 2 N–H and O–H groups in total. The Hall–Kier alpha value is -1.62. The topological polar surface area (TPSA) is 39.7 Å². The normalized spacial score (nSPS) is 12.5. The summed E-state index contributed by atoms with van der Waals surface area (Å²) in [6, 6.07) is 6.81. The lowest BCUT2D eigenvalue weighted by Crippen LogP contribution is -2.43. The molecule has 0 aliphatic carbocycles. The van der Waals surface area contributed by atoms with Crippen LogP contribution in [-0.4, -0.2) is 50.6 Å². The summed E-state index contributed by atoms with van der Waals surface area (Å²) in [5, 5.41) is 6.72. The highest BCUT2D eigenvalue weighted by Crippen LogP contribution is 2.22. The molecule has 0 aliphatic heterocycles. The van der Waals surface area contributed by atoms with Crippen LogP contribution < -0.4 is 10.6 Å². The molecule has 0 saturated carbocycles. The molecule has 0 heterocycles. The number of hydrogen-bond acceptors (Lipinski definition) is 2. The predicted octanol–water partition coefficient (Wildman–Crippen LogP) is 3.39. The molecule has 4 nitrogen and oxygen atoms in total. The molecule has 0 radical (unpaired) electrons. The van der Waals surface area contributed by atoms with Crippen molar-refractivity contribution in [2.75, 3.05) is 39.8 Å². The first-order valence-corrected chi connectivity index (χ1v) is 9.35. The van der Waals surface area contributed by atoms with E-state index in [0.717, 1.165) is 44.1 Å². The van der Waals surface area contributed by atoms with Gasteiger partial charge >= 0.3 is 0 Å². The third-order valence-electron chi connectivity index (χ3n) is 4.62. The number of nitrogens with one attached hydrogen (secondary N) is 2. The Kier molecular flexibility index (Phi) is 9.50. The van der Waals surface area contributed by atoms with Crippen LogP contribution >= 0.6 is 0 Å². The average molecular weight is 351 g/mol. The maximum Gasteiger partial charge on any atom is 0.191 e. The maximum atomic E-state index is 13.4. The zero-order valence-electron chi connectivity index (χ0n) is 16.5. The average Bonchev–Trinajstić information content (AvgIpc) is 2.60. The summed E-state index contributed by atoms with van der Waals surface area (Å²) in [6.45, 7) is 13.6. The number of guanidine groups is 1. The molecule has 0 aromatic heterocycles. The quantitative estimate of drug-likeness (QED) is 0.386. The smallest absolute Gasteiger partial charge is 0.191 e. The fourth-order valence-corrected chi connectivity index (χ4v) is 2.74. The van der Waals surface area contributed by atoms with Crippen molar-refractivity contribution in [2.45, 2.75) is 46.0 Å². The Morgan fingerprint density at radius 2 is 1.88 bits per heavy atom. The van der Waals surface area contributed by atoms with Gasteiger partial charge in [-0.1, -0.05) is 39.8 Å². The Balaban J connectivity index is 2.36. The highest BCUT2D eigenvalue weighted by atomic mass is 19.1. The molecule has 25 heavy (non-hydrogen) atoms. The van der Waals surface area contributed by atoms with E-state index >= 15 is 0 Å². The molecule has 0 spiro atoms. The first-order valence-electron chi connectivity index (χ1n) is 9.35. The largest absolute Gasteiger partial charge is 0.356 e. The van der Waals surface area contributed by atoms with E-state index in [1.54, 1.807) is 19.2 Å². The van der Waals surface area contributed by atoms with Gasteiger partial charge in [0.1, 0.15) is 5.82 Å². The number of unbranched alkanes of at least 4 members (excludes halogenated alkanes) is 1. The van der Waals surface area contributed by atoms with Crippen LogP contribution in [0.2, 0.25) is 0 Å². The SMILES string of the molecule is CCN(CC)CCCCNC(=NC)NCC(C)(C)c1cccc(F)c1. The van der Waals surface area contributed by atoms with Crippen molar-refractivity contribution < 1.29 is 4.39 Å². The summed E-state index contributed by atoms with van der Waals surface area (Å²) in [4.78, 5) is 6.72. The van der Waals surface area contributed by atoms with Crippen LogP contribution in [0, 0.1) is 5.82 Å². The number of halogens is 1. The molecular formula is C20H35FN4. The molecule has 1 rings (SSSR count).